The number of β-amino-alcohol motifs (C(OH)–C–C–N with tert-alkyl or cyclic N) is 2. The van der Waals surface area contributed by atoms with Gasteiger partial charge in [0.1, 0.15) is 0 Å². The van der Waals surface area contributed by atoms with Crippen molar-refractivity contribution in [1.82, 2.24) is 4.31 Å². The largest absolute Gasteiger partial charge is 0.389 e. The lowest BCUT2D eigenvalue weighted by atomic mass is 10.2. The first kappa shape index (κ1) is 14.0. The molecule has 0 unspecified atom stereocenters. The van der Waals surface area contributed by atoms with E-state index in [0.717, 1.165) is 4.31 Å². The Morgan fingerprint density at radius 2 is 1.95 bits per heavy atom. The van der Waals surface area contributed by atoms with Crippen LogP contribution in [0.3, 0.4) is 0 Å². The standard InChI is InChI=1S/C12H14N2O4S/c13-5-9-2-1-3-10(4-9)8-19(17,18)14-6-11(15)12(16)7-14/h1-4,11-12,15-16H,6-8H2/t11-,12+. The second-order valence-corrected chi connectivity index (χ2v) is 6.49. The van der Waals surface area contributed by atoms with E-state index in [1.54, 1.807) is 18.2 Å². The topological polar surface area (TPSA) is 102 Å². The van der Waals surface area contributed by atoms with Crippen LogP contribution in [0, 0.1) is 11.3 Å². The van der Waals surface area contributed by atoms with Crippen LogP contribution in [0.4, 0.5) is 0 Å². The Hall–Kier alpha value is -1.46. The normalized spacial score (nSPS) is 24.3. The highest BCUT2D eigenvalue weighted by Gasteiger charge is 2.36. The fourth-order valence-electron chi connectivity index (χ4n) is 1.99. The molecule has 0 amide bonds. The summed E-state index contributed by atoms with van der Waals surface area (Å²) in [5.74, 6) is -0.248. The van der Waals surface area contributed by atoms with Gasteiger partial charge in [-0.2, -0.15) is 9.57 Å². The van der Waals surface area contributed by atoms with E-state index in [1.807, 2.05) is 6.07 Å². The average molecular weight is 282 g/mol. The predicted octanol–water partition coefficient (Wildman–Crippen LogP) is -0.575. The highest BCUT2D eigenvalue weighted by molar-refractivity contribution is 7.88. The minimum Gasteiger partial charge on any atom is -0.389 e. The maximum absolute atomic E-state index is 12.1. The van der Waals surface area contributed by atoms with Gasteiger partial charge in [0.2, 0.25) is 10.0 Å². The molecule has 2 rings (SSSR count). The predicted molar refractivity (Wildman–Crippen MR) is 67.4 cm³/mol. The fraction of sp³-hybridized carbons (Fsp3) is 0.417. The lowest BCUT2D eigenvalue weighted by Crippen LogP contribution is -2.31. The molecule has 6 nitrogen and oxygen atoms in total. The molecule has 0 aromatic heterocycles. The third-order valence-electron chi connectivity index (χ3n) is 3.02. The first-order chi connectivity index (χ1) is 8.92. The van der Waals surface area contributed by atoms with Crippen LogP contribution in [-0.2, 0) is 15.8 Å². The summed E-state index contributed by atoms with van der Waals surface area (Å²) in [5, 5.41) is 27.5. The Kier molecular flexibility index (Phi) is 3.87. The lowest BCUT2D eigenvalue weighted by molar-refractivity contribution is 0.0572. The van der Waals surface area contributed by atoms with Crippen molar-refractivity contribution in [2.24, 2.45) is 0 Å². The molecule has 7 heteroatoms. The van der Waals surface area contributed by atoms with Crippen molar-refractivity contribution in [3.63, 3.8) is 0 Å². The first-order valence-corrected chi connectivity index (χ1v) is 7.36. The molecule has 0 aliphatic carbocycles. The van der Waals surface area contributed by atoms with Gasteiger partial charge in [0.05, 0.1) is 29.6 Å². The van der Waals surface area contributed by atoms with Crippen LogP contribution >= 0.6 is 0 Å². The van der Waals surface area contributed by atoms with Crippen LogP contribution in [0.1, 0.15) is 11.1 Å². The molecule has 1 fully saturated rings. The third-order valence-corrected chi connectivity index (χ3v) is 4.81. The van der Waals surface area contributed by atoms with E-state index >= 15 is 0 Å². The Morgan fingerprint density at radius 3 is 2.53 bits per heavy atom. The van der Waals surface area contributed by atoms with Crippen LogP contribution < -0.4 is 0 Å². The van der Waals surface area contributed by atoms with Crippen molar-refractivity contribution >= 4 is 10.0 Å². The number of aliphatic hydroxyl groups excluding tert-OH is 2. The zero-order chi connectivity index (χ0) is 14.0. The molecule has 0 saturated carbocycles. The summed E-state index contributed by atoms with van der Waals surface area (Å²) in [4.78, 5) is 0. The number of nitrogens with zero attached hydrogens (tertiary/aromatic N) is 2. The van der Waals surface area contributed by atoms with Crippen molar-refractivity contribution < 1.29 is 18.6 Å². The molecule has 0 bridgehead atoms. The van der Waals surface area contributed by atoms with Crippen molar-refractivity contribution in [2.75, 3.05) is 13.1 Å². The van der Waals surface area contributed by atoms with Gasteiger partial charge in [0, 0.05) is 13.1 Å². The minimum atomic E-state index is -3.60. The summed E-state index contributed by atoms with van der Waals surface area (Å²) in [6, 6.07) is 8.31. The Labute approximate surface area is 111 Å². The number of rotatable bonds is 3. The summed E-state index contributed by atoms with van der Waals surface area (Å²) < 4.78 is 25.3. The van der Waals surface area contributed by atoms with Crippen molar-refractivity contribution in [1.29, 1.82) is 5.26 Å². The van der Waals surface area contributed by atoms with Gasteiger partial charge in [-0.05, 0) is 17.7 Å². The molecule has 1 aromatic rings. The molecule has 1 aromatic carbocycles. The number of benzene rings is 1. The van der Waals surface area contributed by atoms with E-state index in [-0.39, 0.29) is 18.8 Å². The second-order valence-electron chi connectivity index (χ2n) is 4.52. The maximum Gasteiger partial charge on any atom is 0.218 e. The van der Waals surface area contributed by atoms with Gasteiger partial charge in [0.25, 0.3) is 0 Å². The molecular formula is C12H14N2O4S. The van der Waals surface area contributed by atoms with Crippen LogP contribution in [-0.4, -0.2) is 48.2 Å². The van der Waals surface area contributed by atoms with E-state index in [2.05, 4.69) is 0 Å². The molecule has 1 aliphatic heterocycles. The van der Waals surface area contributed by atoms with E-state index in [4.69, 9.17) is 5.26 Å². The average Bonchev–Trinajstić information content (AvgIpc) is 2.70. The Balaban J connectivity index is 2.16. The summed E-state index contributed by atoms with van der Waals surface area (Å²) >= 11 is 0. The SMILES string of the molecule is N#Cc1cccc(CS(=O)(=O)N2C[C@@H](O)[C@@H](O)C2)c1. The van der Waals surface area contributed by atoms with Gasteiger partial charge < -0.3 is 10.2 Å². The first-order valence-electron chi connectivity index (χ1n) is 5.75. The molecule has 0 spiro atoms. The van der Waals surface area contributed by atoms with E-state index in [1.165, 1.54) is 6.07 Å². The van der Waals surface area contributed by atoms with Gasteiger partial charge in [-0.15, -0.1) is 0 Å². The molecule has 2 atom stereocenters. The van der Waals surface area contributed by atoms with E-state index in [0.29, 0.717) is 11.1 Å². The van der Waals surface area contributed by atoms with E-state index < -0.39 is 22.2 Å². The number of hydrogen-bond acceptors (Lipinski definition) is 5. The number of aliphatic hydroxyl groups is 2. The monoisotopic (exact) mass is 282 g/mol. The van der Waals surface area contributed by atoms with Gasteiger partial charge in [-0.1, -0.05) is 12.1 Å². The summed E-state index contributed by atoms with van der Waals surface area (Å²) in [5.41, 5.74) is 0.907. The number of sulfonamides is 1. The highest BCUT2D eigenvalue weighted by Crippen LogP contribution is 2.18. The molecule has 102 valence electrons. The number of hydrogen-bond donors (Lipinski definition) is 2. The summed E-state index contributed by atoms with van der Waals surface area (Å²) in [7, 11) is -3.60. The Bertz CT molecular complexity index is 598. The van der Waals surface area contributed by atoms with Gasteiger partial charge in [-0.3, -0.25) is 0 Å². The molecule has 19 heavy (non-hydrogen) atoms. The Morgan fingerprint density at radius 1 is 1.32 bits per heavy atom. The zero-order valence-corrected chi connectivity index (χ0v) is 10.9. The van der Waals surface area contributed by atoms with Crippen molar-refractivity contribution in [2.45, 2.75) is 18.0 Å². The number of nitriles is 1. The van der Waals surface area contributed by atoms with E-state index in [9.17, 15) is 18.6 Å². The maximum atomic E-state index is 12.1. The van der Waals surface area contributed by atoms with Crippen LogP contribution in [0.2, 0.25) is 0 Å². The van der Waals surface area contributed by atoms with Gasteiger partial charge in [-0.25, -0.2) is 8.42 Å². The lowest BCUT2D eigenvalue weighted by Gasteiger charge is -2.15. The van der Waals surface area contributed by atoms with Gasteiger partial charge >= 0.3 is 0 Å². The van der Waals surface area contributed by atoms with Crippen molar-refractivity contribution in [3.8, 4) is 6.07 Å². The highest BCUT2D eigenvalue weighted by atomic mass is 32.2. The smallest absolute Gasteiger partial charge is 0.218 e. The molecule has 2 N–H and O–H groups in total. The molecule has 1 saturated heterocycles. The van der Waals surface area contributed by atoms with Crippen LogP contribution in [0.5, 0.6) is 0 Å². The third kappa shape index (κ3) is 3.11. The molecular weight excluding hydrogens is 268 g/mol. The van der Waals surface area contributed by atoms with Crippen molar-refractivity contribution in [3.05, 3.63) is 35.4 Å². The van der Waals surface area contributed by atoms with Crippen LogP contribution in [0.25, 0.3) is 0 Å². The zero-order valence-electron chi connectivity index (χ0n) is 10.1. The summed E-state index contributed by atoms with van der Waals surface area (Å²) in [6.07, 6.45) is -2.08. The second kappa shape index (κ2) is 5.27. The molecule has 1 aliphatic rings. The minimum absolute atomic E-state index is 0.0958. The van der Waals surface area contributed by atoms with Gasteiger partial charge in [0.15, 0.2) is 0 Å². The molecule has 1 heterocycles. The molecule has 0 radical (unpaired) electrons. The fourth-order valence-corrected chi connectivity index (χ4v) is 3.54. The van der Waals surface area contributed by atoms with Crippen LogP contribution in [0.15, 0.2) is 24.3 Å². The quantitative estimate of drug-likeness (QED) is 0.772. The summed E-state index contributed by atoms with van der Waals surface area (Å²) in [6.45, 7) is -0.192.